The van der Waals surface area contributed by atoms with Gasteiger partial charge >= 0.3 is 0 Å². The second-order valence-corrected chi connectivity index (χ2v) is 9.04. The van der Waals surface area contributed by atoms with Crippen LogP contribution >= 0.6 is 12.2 Å². The summed E-state index contributed by atoms with van der Waals surface area (Å²) in [5.41, 5.74) is 0.476. The maximum Gasteiger partial charge on any atom is 0.263 e. The zero-order chi connectivity index (χ0) is 21.2. The first kappa shape index (κ1) is 21.2. The second-order valence-electron chi connectivity index (χ2n) is 7.00. The summed E-state index contributed by atoms with van der Waals surface area (Å²) in [6.07, 6.45) is 0.517. The molecule has 0 saturated carbocycles. The van der Waals surface area contributed by atoms with Crippen molar-refractivity contribution in [1.82, 2.24) is 24.8 Å². The van der Waals surface area contributed by atoms with Crippen LogP contribution in [0.5, 0.6) is 0 Å². The Morgan fingerprint density at radius 3 is 2.76 bits per heavy atom. The third kappa shape index (κ3) is 4.40. The quantitative estimate of drug-likeness (QED) is 0.566. The van der Waals surface area contributed by atoms with Crippen molar-refractivity contribution in [1.29, 1.82) is 0 Å². The van der Waals surface area contributed by atoms with Crippen LogP contribution in [0.1, 0.15) is 32.2 Å². The Labute approximate surface area is 174 Å². The van der Waals surface area contributed by atoms with Crippen molar-refractivity contribution in [3.05, 3.63) is 40.4 Å². The van der Waals surface area contributed by atoms with Gasteiger partial charge < -0.3 is 9.88 Å². The third-order valence-corrected chi connectivity index (χ3v) is 6.34. The van der Waals surface area contributed by atoms with E-state index in [0.717, 1.165) is 5.82 Å². The molecular formula is C18H24N6O3S2. The molecule has 2 heterocycles. The highest BCUT2D eigenvalue weighted by Crippen LogP contribution is 2.23. The number of nitrogens with zero attached hydrogens (tertiary/aromatic N) is 3. The number of amidine groups is 1. The zero-order valence-electron chi connectivity index (χ0n) is 16.5. The van der Waals surface area contributed by atoms with E-state index in [1.807, 2.05) is 25.3 Å². The van der Waals surface area contributed by atoms with E-state index in [2.05, 4.69) is 25.2 Å². The monoisotopic (exact) mass is 436 g/mol. The molecule has 2 aromatic rings. The Bertz CT molecular complexity index is 1100. The first-order chi connectivity index (χ1) is 13.7. The molecule has 0 fully saturated rings. The summed E-state index contributed by atoms with van der Waals surface area (Å²) in [6.45, 7) is 6.77. The summed E-state index contributed by atoms with van der Waals surface area (Å²) in [6, 6.07) is 5.85. The number of aromatic nitrogens is 3. The van der Waals surface area contributed by atoms with Crippen molar-refractivity contribution in [2.75, 3.05) is 6.54 Å². The van der Waals surface area contributed by atoms with Crippen molar-refractivity contribution in [3.63, 3.8) is 0 Å². The van der Waals surface area contributed by atoms with Gasteiger partial charge in [-0.05, 0) is 37.2 Å². The van der Waals surface area contributed by atoms with Gasteiger partial charge in [0, 0.05) is 25.1 Å². The van der Waals surface area contributed by atoms with Gasteiger partial charge in [-0.15, -0.1) is 0 Å². The topological polar surface area (TPSA) is 121 Å². The van der Waals surface area contributed by atoms with Crippen LogP contribution in [0.4, 0.5) is 0 Å². The van der Waals surface area contributed by atoms with Crippen molar-refractivity contribution in [2.24, 2.45) is 10.9 Å². The first-order valence-corrected chi connectivity index (χ1v) is 11.3. The lowest BCUT2D eigenvalue weighted by Crippen LogP contribution is -2.39. The van der Waals surface area contributed by atoms with Crippen LogP contribution in [0.2, 0.25) is 0 Å². The summed E-state index contributed by atoms with van der Waals surface area (Å²) in [5, 5.41) is 9.79. The molecule has 1 aliphatic heterocycles. The number of nitrogens with one attached hydrogen (secondary N) is 3. The van der Waals surface area contributed by atoms with E-state index in [-0.39, 0.29) is 22.6 Å². The number of carbonyl (C=O) groups is 1. The molecule has 11 heteroatoms. The van der Waals surface area contributed by atoms with E-state index in [1.54, 1.807) is 18.2 Å². The van der Waals surface area contributed by atoms with Crippen LogP contribution < -0.4 is 10.0 Å². The van der Waals surface area contributed by atoms with Crippen molar-refractivity contribution in [3.8, 4) is 0 Å². The van der Waals surface area contributed by atoms with Gasteiger partial charge in [0.1, 0.15) is 17.7 Å². The smallest absolute Gasteiger partial charge is 0.263 e. The Kier molecular flexibility index (Phi) is 6.18. The summed E-state index contributed by atoms with van der Waals surface area (Å²) >= 11 is 5.16. The molecule has 1 amide bonds. The van der Waals surface area contributed by atoms with Crippen LogP contribution in [-0.4, -0.2) is 47.5 Å². The minimum Gasteiger partial charge on any atom is -0.354 e. The third-order valence-electron chi connectivity index (χ3n) is 4.63. The number of aliphatic imine (C=N–C) groups is 1. The fourth-order valence-electron chi connectivity index (χ4n) is 3.15. The average Bonchev–Trinajstić information content (AvgIpc) is 3.16. The molecule has 0 spiro atoms. The van der Waals surface area contributed by atoms with Crippen LogP contribution in [0.25, 0.3) is 0 Å². The van der Waals surface area contributed by atoms with Crippen LogP contribution in [0.3, 0.4) is 0 Å². The zero-order valence-corrected chi connectivity index (χ0v) is 18.1. The van der Waals surface area contributed by atoms with E-state index in [0.29, 0.717) is 29.8 Å². The number of sulfonamides is 1. The van der Waals surface area contributed by atoms with Crippen LogP contribution in [0.15, 0.2) is 34.2 Å². The largest absolute Gasteiger partial charge is 0.354 e. The number of rotatable bonds is 7. The standard InChI is InChI=1S/C18H24N6O3S2/c1-4-24-14(21-22-18(24)28)9-10-19-17(25)15(11(2)3)20-16-12-7-5-6-8-13(12)29(26,27)23-16/h5-8,11,15H,4,9-10H2,1-3H3,(H,19,25)(H,20,23)(H,22,28)/t15-/m0/s1. The molecule has 3 rings (SSSR count). The van der Waals surface area contributed by atoms with Crippen LogP contribution in [0, 0.1) is 10.7 Å². The fraction of sp³-hybridized carbons (Fsp3) is 0.444. The molecule has 156 valence electrons. The average molecular weight is 437 g/mol. The predicted molar refractivity (Wildman–Crippen MR) is 112 cm³/mol. The van der Waals surface area contributed by atoms with Crippen molar-refractivity contribution in [2.45, 2.75) is 44.7 Å². The van der Waals surface area contributed by atoms with Gasteiger partial charge in [-0.25, -0.2) is 8.42 Å². The van der Waals surface area contributed by atoms with Crippen molar-refractivity contribution < 1.29 is 13.2 Å². The number of fused-ring (bicyclic) bond motifs is 1. The molecule has 0 radical (unpaired) electrons. The van der Waals surface area contributed by atoms with E-state index in [1.165, 1.54) is 6.07 Å². The molecule has 9 nitrogen and oxygen atoms in total. The number of H-pyrrole nitrogens is 1. The molecular weight excluding hydrogens is 412 g/mol. The Balaban J connectivity index is 1.74. The van der Waals surface area contributed by atoms with Gasteiger partial charge in [0.25, 0.3) is 10.0 Å². The number of aromatic amines is 1. The lowest BCUT2D eigenvalue weighted by Gasteiger charge is -2.17. The molecule has 0 bridgehead atoms. The number of amides is 1. The second kappa shape index (κ2) is 8.46. The first-order valence-electron chi connectivity index (χ1n) is 9.36. The number of hydrogen-bond donors (Lipinski definition) is 3. The molecule has 3 N–H and O–H groups in total. The van der Waals surface area contributed by atoms with Gasteiger partial charge in [-0.2, -0.15) is 5.10 Å². The number of carbonyl (C=O) groups excluding carboxylic acids is 1. The maximum absolute atomic E-state index is 12.7. The molecule has 0 unspecified atom stereocenters. The van der Waals surface area contributed by atoms with E-state index >= 15 is 0 Å². The van der Waals surface area contributed by atoms with Gasteiger partial charge in [0.15, 0.2) is 4.77 Å². The molecule has 1 aromatic carbocycles. The molecule has 29 heavy (non-hydrogen) atoms. The van der Waals surface area contributed by atoms with E-state index in [9.17, 15) is 13.2 Å². The highest BCUT2D eigenvalue weighted by atomic mass is 32.2. The minimum atomic E-state index is -3.65. The number of benzene rings is 1. The maximum atomic E-state index is 12.7. The summed E-state index contributed by atoms with van der Waals surface area (Å²) < 4.78 is 29.4. The summed E-state index contributed by atoms with van der Waals surface area (Å²) in [4.78, 5) is 17.4. The van der Waals surface area contributed by atoms with E-state index < -0.39 is 16.1 Å². The summed E-state index contributed by atoms with van der Waals surface area (Å²) in [5.74, 6) is 0.572. The predicted octanol–water partition coefficient (Wildman–Crippen LogP) is 1.38. The van der Waals surface area contributed by atoms with Crippen molar-refractivity contribution >= 4 is 34.0 Å². The molecule has 1 atom stereocenters. The van der Waals surface area contributed by atoms with E-state index in [4.69, 9.17) is 12.2 Å². The van der Waals surface area contributed by atoms with Crippen LogP contribution in [-0.2, 0) is 27.8 Å². The van der Waals surface area contributed by atoms with Gasteiger partial charge in [-0.3, -0.25) is 19.6 Å². The van der Waals surface area contributed by atoms with Gasteiger partial charge in [0.2, 0.25) is 5.91 Å². The normalized spacial score (nSPS) is 17.2. The molecule has 0 aliphatic carbocycles. The lowest BCUT2D eigenvalue weighted by molar-refractivity contribution is -0.123. The molecule has 0 saturated heterocycles. The Morgan fingerprint density at radius 1 is 1.34 bits per heavy atom. The minimum absolute atomic E-state index is 0.120. The number of hydrogen-bond acceptors (Lipinski definition) is 6. The Hall–Kier alpha value is -2.53. The molecule has 1 aliphatic rings. The molecule has 1 aromatic heterocycles. The highest BCUT2D eigenvalue weighted by Gasteiger charge is 2.32. The highest BCUT2D eigenvalue weighted by molar-refractivity contribution is 7.90. The fourth-order valence-corrected chi connectivity index (χ4v) is 4.67. The van der Waals surface area contributed by atoms with Gasteiger partial charge in [0.05, 0.1) is 4.90 Å². The lowest BCUT2D eigenvalue weighted by atomic mass is 10.0. The SMILES string of the molecule is CCn1c(CCNC(=O)[C@@H](N=C2NS(=O)(=O)c3ccccc32)C(C)C)n[nH]c1=S. The van der Waals surface area contributed by atoms with Gasteiger partial charge in [-0.1, -0.05) is 26.0 Å². The summed E-state index contributed by atoms with van der Waals surface area (Å²) in [7, 11) is -3.65. The Morgan fingerprint density at radius 2 is 2.07 bits per heavy atom.